The molecule has 1 fully saturated rings. The molecule has 146 valence electrons. The summed E-state index contributed by atoms with van der Waals surface area (Å²) in [6.45, 7) is 5.97. The molecule has 3 heterocycles. The molecule has 0 bridgehead atoms. The van der Waals surface area contributed by atoms with Crippen molar-refractivity contribution in [3.05, 3.63) is 65.9 Å². The minimum atomic E-state index is 0.107. The van der Waals surface area contributed by atoms with Gasteiger partial charge in [-0.25, -0.2) is 4.98 Å². The third-order valence-corrected chi connectivity index (χ3v) is 5.13. The number of oxazole rings is 1. The van der Waals surface area contributed by atoms with Crippen LogP contribution in [-0.2, 0) is 17.8 Å². The Hall–Kier alpha value is -2.86. The molecule has 1 aliphatic heterocycles. The summed E-state index contributed by atoms with van der Waals surface area (Å²) in [6.07, 6.45) is 2.94. The quantitative estimate of drug-likeness (QED) is 0.679. The Morgan fingerprint density at radius 2 is 1.93 bits per heavy atom. The maximum absolute atomic E-state index is 12.8. The number of aryl methyl sites for hydroxylation is 1. The van der Waals surface area contributed by atoms with Gasteiger partial charge in [-0.3, -0.25) is 9.69 Å². The summed E-state index contributed by atoms with van der Waals surface area (Å²) < 4.78 is 11.2. The van der Waals surface area contributed by atoms with E-state index >= 15 is 0 Å². The fraction of sp³-hybridized carbons (Fsp3) is 0.364. The predicted octanol–water partition coefficient (Wildman–Crippen LogP) is 3.52. The summed E-state index contributed by atoms with van der Waals surface area (Å²) >= 11 is 0. The summed E-state index contributed by atoms with van der Waals surface area (Å²) in [6, 6.07) is 13.7. The predicted molar refractivity (Wildman–Crippen MR) is 106 cm³/mol. The molecular weight excluding hydrogens is 354 g/mol. The van der Waals surface area contributed by atoms with E-state index in [1.54, 1.807) is 6.26 Å². The number of rotatable bonds is 5. The SMILES string of the molecule is Cc1oc(-c2ccccc2)nc1CC(=O)N1CCCN(Cc2ccco2)CC1. The van der Waals surface area contributed by atoms with Gasteiger partial charge in [-0.15, -0.1) is 0 Å². The summed E-state index contributed by atoms with van der Waals surface area (Å²) in [5, 5.41) is 0. The van der Waals surface area contributed by atoms with Crippen LogP contribution >= 0.6 is 0 Å². The van der Waals surface area contributed by atoms with Crippen molar-refractivity contribution in [2.45, 2.75) is 26.3 Å². The fourth-order valence-corrected chi connectivity index (χ4v) is 3.55. The highest BCUT2D eigenvalue weighted by atomic mass is 16.4. The largest absolute Gasteiger partial charge is 0.468 e. The molecule has 28 heavy (non-hydrogen) atoms. The zero-order chi connectivity index (χ0) is 19.3. The molecule has 0 spiro atoms. The van der Waals surface area contributed by atoms with Crippen molar-refractivity contribution in [2.75, 3.05) is 26.2 Å². The molecule has 1 saturated heterocycles. The normalized spacial score (nSPS) is 15.5. The lowest BCUT2D eigenvalue weighted by molar-refractivity contribution is -0.130. The Morgan fingerprint density at radius 1 is 1.07 bits per heavy atom. The molecule has 0 aliphatic carbocycles. The first-order valence-electron chi connectivity index (χ1n) is 9.73. The summed E-state index contributed by atoms with van der Waals surface area (Å²) in [4.78, 5) is 21.7. The fourth-order valence-electron chi connectivity index (χ4n) is 3.55. The molecular formula is C22H25N3O3. The van der Waals surface area contributed by atoms with Crippen LogP contribution in [0, 0.1) is 6.92 Å². The zero-order valence-corrected chi connectivity index (χ0v) is 16.1. The van der Waals surface area contributed by atoms with E-state index in [1.165, 1.54) is 0 Å². The number of amides is 1. The average Bonchev–Trinajstić information content (AvgIpc) is 3.27. The van der Waals surface area contributed by atoms with Crippen molar-refractivity contribution in [3.63, 3.8) is 0 Å². The molecule has 3 aromatic rings. The molecule has 1 aromatic carbocycles. The molecule has 0 radical (unpaired) electrons. The standard InChI is InChI=1S/C22H25N3O3/c1-17-20(23-22(28-17)18-7-3-2-4-8-18)15-21(26)25-11-6-10-24(12-13-25)16-19-9-5-14-27-19/h2-5,7-9,14H,6,10-13,15-16H2,1H3. The van der Waals surface area contributed by atoms with Gasteiger partial charge in [0.05, 0.1) is 24.9 Å². The molecule has 0 N–H and O–H groups in total. The van der Waals surface area contributed by atoms with Gasteiger partial charge in [0, 0.05) is 31.7 Å². The maximum Gasteiger partial charge on any atom is 0.228 e. The smallest absolute Gasteiger partial charge is 0.228 e. The molecule has 6 heteroatoms. The number of hydrogen-bond donors (Lipinski definition) is 0. The molecule has 4 rings (SSSR count). The highest BCUT2D eigenvalue weighted by Gasteiger charge is 2.22. The average molecular weight is 379 g/mol. The number of nitrogens with zero attached hydrogens (tertiary/aromatic N) is 3. The van der Waals surface area contributed by atoms with Crippen LogP contribution in [0.2, 0.25) is 0 Å². The number of hydrogen-bond acceptors (Lipinski definition) is 5. The van der Waals surface area contributed by atoms with Gasteiger partial charge < -0.3 is 13.7 Å². The van der Waals surface area contributed by atoms with E-state index < -0.39 is 0 Å². The third-order valence-electron chi connectivity index (χ3n) is 5.13. The first-order chi connectivity index (χ1) is 13.7. The molecule has 2 aromatic heterocycles. The van der Waals surface area contributed by atoms with E-state index in [9.17, 15) is 4.79 Å². The van der Waals surface area contributed by atoms with Crippen LogP contribution < -0.4 is 0 Å². The van der Waals surface area contributed by atoms with E-state index in [4.69, 9.17) is 8.83 Å². The lowest BCUT2D eigenvalue weighted by Gasteiger charge is -2.21. The van der Waals surface area contributed by atoms with Crippen LogP contribution in [0.4, 0.5) is 0 Å². The van der Waals surface area contributed by atoms with Crippen molar-refractivity contribution in [1.82, 2.24) is 14.8 Å². The Balaban J connectivity index is 1.37. The van der Waals surface area contributed by atoms with Crippen LogP contribution in [0.25, 0.3) is 11.5 Å². The van der Waals surface area contributed by atoms with Crippen LogP contribution in [0.5, 0.6) is 0 Å². The number of carbonyl (C=O) groups is 1. The lowest BCUT2D eigenvalue weighted by Crippen LogP contribution is -2.36. The highest BCUT2D eigenvalue weighted by Crippen LogP contribution is 2.22. The lowest BCUT2D eigenvalue weighted by atomic mass is 10.2. The van der Waals surface area contributed by atoms with Gasteiger partial charge in [0.25, 0.3) is 0 Å². The van der Waals surface area contributed by atoms with Gasteiger partial charge in [-0.05, 0) is 37.6 Å². The van der Waals surface area contributed by atoms with Crippen molar-refractivity contribution in [1.29, 1.82) is 0 Å². The second-order valence-corrected chi connectivity index (χ2v) is 7.15. The Bertz CT molecular complexity index is 903. The minimum absolute atomic E-state index is 0.107. The van der Waals surface area contributed by atoms with E-state index in [0.717, 1.165) is 56.2 Å². The van der Waals surface area contributed by atoms with Crippen molar-refractivity contribution >= 4 is 5.91 Å². The molecule has 0 atom stereocenters. The third kappa shape index (κ3) is 4.34. The van der Waals surface area contributed by atoms with Gasteiger partial charge in [-0.2, -0.15) is 0 Å². The number of carbonyl (C=O) groups excluding carboxylic acids is 1. The minimum Gasteiger partial charge on any atom is -0.468 e. The Labute approximate surface area is 164 Å². The van der Waals surface area contributed by atoms with Crippen molar-refractivity contribution in [2.24, 2.45) is 0 Å². The van der Waals surface area contributed by atoms with Crippen LogP contribution in [0.15, 0.2) is 57.6 Å². The number of benzene rings is 1. The molecule has 1 amide bonds. The number of aromatic nitrogens is 1. The second kappa shape index (κ2) is 8.44. The van der Waals surface area contributed by atoms with Crippen LogP contribution in [0.1, 0.15) is 23.6 Å². The van der Waals surface area contributed by atoms with E-state index in [2.05, 4.69) is 9.88 Å². The Morgan fingerprint density at radius 3 is 2.71 bits per heavy atom. The van der Waals surface area contributed by atoms with Gasteiger partial charge in [0.2, 0.25) is 11.8 Å². The summed E-state index contributed by atoms with van der Waals surface area (Å²) in [7, 11) is 0. The molecule has 1 aliphatic rings. The first-order valence-corrected chi connectivity index (χ1v) is 9.73. The van der Waals surface area contributed by atoms with Gasteiger partial charge in [-0.1, -0.05) is 18.2 Å². The maximum atomic E-state index is 12.8. The topological polar surface area (TPSA) is 62.7 Å². The van der Waals surface area contributed by atoms with Crippen LogP contribution in [-0.4, -0.2) is 46.9 Å². The van der Waals surface area contributed by atoms with Crippen molar-refractivity contribution in [3.8, 4) is 11.5 Å². The molecule has 0 saturated carbocycles. The monoisotopic (exact) mass is 379 g/mol. The van der Waals surface area contributed by atoms with Crippen molar-refractivity contribution < 1.29 is 13.6 Å². The van der Waals surface area contributed by atoms with Gasteiger partial charge >= 0.3 is 0 Å². The molecule has 6 nitrogen and oxygen atoms in total. The van der Waals surface area contributed by atoms with E-state index in [-0.39, 0.29) is 12.3 Å². The summed E-state index contributed by atoms with van der Waals surface area (Å²) in [5.74, 6) is 2.35. The van der Waals surface area contributed by atoms with E-state index in [1.807, 2.05) is 54.3 Å². The van der Waals surface area contributed by atoms with E-state index in [0.29, 0.717) is 11.7 Å². The van der Waals surface area contributed by atoms with Gasteiger partial charge in [0.15, 0.2) is 0 Å². The van der Waals surface area contributed by atoms with Gasteiger partial charge in [0.1, 0.15) is 11.5 Å². The Kier molecular flexibility index (Phi) is 5.58. The highest BCUT2D eigenvalue weighted by molar-refractivity contribution is 5.78. The zero-order valence-electron chi connectivity index (χ0n) is 16.1. The summed E-state index contributed by atoms with van der Waals surface area (Å²) in [5.41, 5.74) is 1.65. The number of furan rings is 1. The molecule has 0 unspecified atom stereocenters. The second-order valence-electron chi connectivity index (χ2n) is 7.15. The first kappa shape index (κ1) is 18.5. The van der Waals surface area contributed by atoms with Crippen LogP contribution in [0.3, 0.4) is 0 Å².